The lowest BCUT2D eigenvalue weighted by atomic mass is 10.1. The van der Waals surface area contributed by atoms with Gasteiger partial charge in [-0.25, -0.2) is 4.79 Å². The Hall–Kier alpha value is -3.15. The summed E-state index contributed by atoms with van der Waals surface area (Å²) >= 11 is 0. The number of nitrogens with one attached hydrogen (secondary N) is 1. The molecular weight excluding hydrogens is 344 g/mol. The molecule has 2 aromatic carbocycles. The van der Waals surface area contributed by atoms with Gasteiger partial charge in [0.15, 0.2) is 0 Å². The van der Waals surface area contributed by atoms with Crippen molar-refractivity contribution in [1.82, 2.24) is 5.32 Å². The minimum Gasteiger partial charge on any atom is -0.478 e. The summed E-state index contributed by atoms with van der Waals surface area (Å²) in [6, 6.07) is 14.2. The molecule has 140 valence electrons. The van der Waals surface area contributed by atoms with E-state index in [0.29, 0.717) is 19.4 Å². The third-order valence-corrected chi connectivity index (χ3v) is 4.62. The summed E-state index contributed by atoms with van der Waals surface area (Å²) in [6.07, 6.45) is 2.42. The first kappa shape index (κ1) is 18.6. The summed E-state index contributed by atoms with van der Waals surface area (Å²) in [5, 5.41) is 11.8. The summed E-state index contributed by atoms with van der Waals surface area (Å²) in [5.74, 6) is -0.867. The maximum atomic E-state index is 12.1. The minimum absolute atomic E-state index is 0.0674. The number of carboxylic acid groups (broad SMARTS) is 1. The Morgan fingerprint density at radius 2 is 1.67 bits per heavy atom. The zero-order valence-electron chi connectivity index (χ0n) is 15.0. The Labute approximate surface area is 157 Å². The van der Waals surface area contributed by atoms with Crippen molar-refractivity contribution in [3.8, 4) is 0 Å². The maximum absolute atomic E-state index is 12.1. The number of aromatic carboxylic acids is 1. The third-order valence-electron chi connectivity index (χ3n) is 4.62. The zero-order valence-corrected chi connectivity index (χ0v) is 15.0. The first-order chi connectivity index (χ1) is 13.0. The van der Waals surface area contributed by atoms with Gasteiger partial charge in [0.25, 0.3) is 0 Å². The maximum Gasteiger partial charge on any atom is 0.335 e. The number of carbonyl (C=O) groups excluding carboxylic acids is 2. The Morgan fingerprint density at radius 1 is 1.00 bits per heavy atom. The van der Waals surface area contributed by atoms with Gasteiger partial charge in [-0.05, 0) is 48.2 Å². The van der Waals surface area contributed by atoms with Gasteiger partial charge < -0.3 is 15.3 Å². The van der Waals surface area contributed by atoms with Crippen LogP contribution in [0.15, 0.2) is 48.5 Å². The van der Waals surface area contributed by atoms with Crippen molar-refractivity contribution in [2.24, 2.45) is 0 Å². The lowest BCUT2D eigenvalue weighted by Gasteiger charge is -2.15. The summed E-state index contributed by atoms with van der Waals surface area (Å²) in [5.41, 5.74) is 3.00. The van der Waals surface area contributed by atoms with Crippen LogP contribution in [0, 0.1) is 0 Å². The molecule has 0 bridgehead atoms. The van der Waals surface area contributed by atoms with E-state index < -0.39 is 5.97 Å². The quantitative estimate of drug-likeness (QED) is 0.788. The number of hydrogen-bond acceptors (Lipinski definition) is 3. The van der Waals surface area contributed by atoms with Crippen LogP contribution in [0.2, 0.25) is 0 Å². The van der Waals surface area contributed by atoms with Crippen LogP contribution in [0.3, 0.4) is 0 Å². The molecule has 1 fully saturated rings. The standard InChI is InChI=1S/C21H22N2O4/c24-19(22-12-11-15-3-7-17(8-4-15)21(26)27)14-16-5-9-18(10-6-16)23-13-1-2-20(23)25/h3-10H,1-2,11-14H2,(H,22,24)(H,26,27). The summed E-state index contributed by atoms with van der Waals surface area (Å²) in [6.45, 7) is 1.25. The normalized spacial score (nSPS) is 13.6. The molecule has 0 radical (unpaired) electrons. The number of nitrogens with zero attached hydrogens (tertiary/aromatic N) is 1. The van der Waals surface area contributed by atoms with Crippen LogP contribution in [-0.4, -0.2) is 36.0 Å². The highest BCUT2D eigenvalue weighted by Gasteiger charge is 2.21. The number of amides is 2. The van der Waals surface area contributed by atoms with Gasteiger partial charge in [0.1, 0.15) is 0 Å². The monoisotopic (exact) mass is 366 g/mol. The van der Waals surface area contributed by atoms with E-state index in [2.05, 4.69) is 5.32 Å². The topological polar surface area (TPSA) is 86.7 Å². The summed E-state index contributed by atoms with van der Waals surface area (Å²) in [7, 11) is 0. The van der Waals surface area contributed by atoms with Crippen LogP contribution >= 0.6 is 0 Å². The number of carbonyl (C=O) groups is 3. The molecular formula is C21H22N2O4. The number of carboxylic acids is 1. The molecule has 0 aromatic heterocycles. The fourth-order valence-corrected chi connectivity index (χ4v) is 3.12. The zero-order chi connectivity index (χ0) is 19.2. The lowest BCUT2D eigenvalue weighted by Crippen LogP contribution is -2.27. The fraction of sp³-hybridized carbons (Fsp3) is 0.286. The molecule has 2 N–H and O–H groups in total. The van der Waals surface area contributed by atoms with Crippen LogP contribution in [0.4, 0.5) is 5.69 Å². The van der Waals surface area contributed by atoms with E-state index in [1.165, 1.54) is 0 Å². The first-order valence-electron chi connectivity index (χ1n) is 9.01. The molecule has 3 rings (SSSR count). The second-order valence-electron chi connectivity index (χ2n) is 6.59. The molecule has 6 heteroatoms. The van der Waals surface area contributed by atoms with Crippen LogP contribution in [-0.2, 0) is 22.4 Å². The van der Waals surface area contributed by atoms with Gasteiger partial charge in [-0.15, -0.1) is 0 Å². The molecule has 0 spiro atoms. The smallest absolute Gasteiger partial charge is 0.335 e. The fourth-order valence-electron chi connectivity index (χ4n) is 3.12. The summed E-state index contributed by atoms with van der Waals surface area (Å²) in [4.78, 5) is 36.4. The van der Waals surface area contributed by atoms with E-state index in [0.717, 1.165) is 29.8 Å². The van der Waals surface area contributed by atoms with Gasteiger partial charge in [0.2, 0.25) is 11.8 Å². The van der Waals surface area contributed by atoms with Crippen LogP contribution < -0.4 is 10.2 Å². The molecule has 1 aliphatic rings. The van der Waals surface area contributed by atoms with Crippen LogP contribution in [0.5, 0.6) is 0 Å². The summed E-state index contributed by atoms with van der Waals surface area (Å²) < 4.78 is 0. The lowest BCUT2D eigenvalue weighted by molar-refractivity contribution is -0.120. The van der Waals surface area contributed by atoms with Crippen molar-refractivity contribution < 1.29 is 19.5 Å². The molecule has 2 aromatic rings. The molecule has 2 amide bonds. The highest BCUT2D eigenvalue weighted by atomic mass is 16.4. The predicted octanol–water partition coefficient (Wildman–Crippen LogP) is 2.41. The average molecular weight is 366 g/mol. The van der Waals surface area contributed by atoms with Gasteiger partial charge >= 0.3 is 5.97 Å². The largest absolute Gasteiger partial charge is 0.478 e. The van der Waals surface area contributed by atoms with Crippen molar-refractivity contribution >= 4 is 23.5 Å². The minimum atomic E-state index is -0.949. The number of hydrogen-bond donors (Lipinski definition) is 2. The van der Waals surface area contributed by atoms with Crippen molar-refractivity contribution in [2.45, 2.75) is 25.7 Å². The predicted molar refractivity (Wildman–Crippen MR) is 102 cm³/mol. The average Bonchev–Trinajstić information content (AvgIpc) is 3.09. The Kier molecular flexibility index (Phi) is 5.86. The molecule has 1 saturated heterocycles. The molecule has 0 atom stereocenters. The SMILES string of the molecule is O=C(Cc1ccc(N2CCCC2=O)cc1)NCCc1ccc(C(=O)O)cc1. The van der Waals surface area contributed by atoms with Crippen LogP contribution in [0.1, 0.15) is 34.3 Å². The van der Waals surface area contributed by atoms with Gasteiger partial charge in [-0.1, -0.05) is 24.3 Å². The molecule has 6 nitrogen and oxygen atoms in total. The van der Waals surface area contributed by atoms with E-state index in [9.17, 15) is 14.4 Å². The van der Waals surface area contributed by atoms with Crippen molar-refractivity contribution in [1.29, 1.82) is 0 Å². The van der Waals surface area contributed by atoms with Crippen molar-refractivity contribution in [3.63, 3.8) is 0 Å². The Bertz CT molecular complexity index is 828. The van der Waals surface area contributed by atoms with E-state index >= 15 is 0 Å². The molecule has 0 saturated carbocycles. The third kappa shape index (κ3) is 4.94. The molecule has 1 heterocycles. The Morgan fingerprint density at radius 3 is 2.26 bits per heavy atom. The van der Waals surface area contributed by atoms with E-state index in [4.69, 9.17) is 5.11 Å². The second-order valence-corrected chi connectivity index (χ2v) is 6.59. The number of benzene rings is 2. The molecule has 27 heavy (non-hydrogen) atoms. The van der Waals surface area contributed by atoms with Gasteiger partial charge in [-0.2, -0.15) is 0 Å². The van der Waals surface area contributed by atoms with Crippen LogP contribution in [0.25, 0.3) is 0 Å². The first-order valence-corrected chi connectivity index (χ1v) is 9.01. The second kappa shape index (κ2) is 8.49. The van der Waals surface area contributed by atoms with Gasteiger partial charge in [-0.3, -0.25) is 9.59 Å². The van der Waals surface area contributed by atoms with Gasteiger partial charge in [0, 0.05) is 25.2 Å². The molecule has 0 aliphatic carbocycles. The van der Waals surface area contributed by atoms with E-state index in [1.807, 2.05) is 24.3 Å². The van der Waals surface area contributed by atoms with E-state index in [1.54, 1.807) is 29.2 Å². The number of rotatable bonds is 7. The molecule has 0 unspecified atom stereocenters. The Balaban J connectivity index is 1.45. The number of anilines is 1. The van der Waals surface area contributed by atoms with Crippen molar-refractivity contribution in [2.75, 3.05) is 18.0 Å². The highest BCUT2D eigenvalue weighted by Crippen LogP contribution is 2.21. The van der Waals surface area contributed by atoms with Gasteiger partial charge in [0.05, 0.1) is 12.0 Å². The van der Waals surface area contributed by atoms with E-state index in [-0.39, 0.29) is 23.8 Å². The highest BCUT2D eigenvalue weighted by molar-refractivity contribution is 5.95. The van der Waals surface area contributed by atoms with Crippen molar-refractivity contribution in [3.05, 3.63) is 65.2 Å². The molecule has 1 aliphatic heterocycles.